The zero-order valence-corrected chi connectivity index (χ0v) is 42.9. The van der Waals surface area contributed by atoms with Crippen LogP contribution in [0.3, 0.4) is 0 Å². The number of hydrogen-bond donors (Lipinski definition) is 9. The Hall–Kier alpha value is -1.37. The molecule has 6 saturated heterocycles. The summed E-state index contributed by atoms with van der Waals surface area (Å²) in [5, 5.41) is 96.4. The van der Waals surface area contributed by atoms with Gasteiger partial charge in [-0.05, 0) is 66.7 Å². The predicted molar refractivity (Wildman–Crippen MR) is 247 cm³/mol. The van der Waals surface area contributed by atoms with Crippen LogP contribution >= 0.6 is 0 Å². The topological polar surface area (TPSA) is 319 Å². The Morgan fingerprint density at radius 2 is 1.14 bits per heavy atom. The maximum atomic E-state index is 11.8. The monoisotopic (exact) mass is 1040 g/mol. The maximum absolute atomic E-state index is 11.8. The van der Waals surface area contributed by atoms with Crippen LogP contribution in [0.25, 0.3) is 0 Å². The van der Waals surface area contributed by atoms with Gasteiger partial charge in [0.25, 0.3) is 0 Å². The van der Waals surface area contributed by atoms with Crippen molar-refractivity contribution in [2.24, 2.45) is 0 Å². The van der Waals surface area contributed by atoms with E-state index in [4.69, 9.17) is 61.6 Å². The second kappa shape index (κ2) is 28.3. The van der Waals surface area contributed by atoms with Crippen LogP contribution in [-0.2, 0) is 66.4 Å². The average Bonchev–Trinajstić information content (AvgIpc) is 3.30. The fourth-order valence-electron chi connectivity index (χ4n) is 10.5. The van der Waals surface area contributed by atoms with Gasteiger partial charge >= 0.3 is 5.97 Å². The van der Waals surface area contributed by atoms with Gasteiger partial charge in [-0.2, -0.15) is 0 Å². The summed E-state index contributed by atoms with van der Waals surface area (Å²) in [7, 11) is 1.53. The van der Waals surface area contributed by atoms with E-state index in [0.717, 1.165) is 19.3 Å². The fraction of sp³-hybridized carbons (Fsp3) is 0.980. The highest BCUT2D eigenvalue weighted by molar-refractivity contribution is 5.67. The highest BCUT2D eigenvalue weighted by Crippen LogP contribution is 2.36. The van der Waals surface area contributed by atoms with Crippen molar-refractivity contribution in [3.8, 4) is 0 Å². The lowest BCUT2D eigenvalue weighted by molar-refractivity contribution is -0.367. The molecule has 72 heavy (non-hydrogen) atoms. The summed E-state index contributed by atoms with van der Waals surface area (Å²) in [6.07, 6.45) is -18.5. The molecule has 26 unspecified atom stereocenters. The molecule has 6 rings (SSSR count). The SMILES string of the molecule is CCCCCC(CCCC(O)CC(=O)O)OC1OC(COC2OC(C)C(OC3CC(O)C(O)C(C)O3)CC2O)C(O)C(O)C1OC1CC(O)C(OC2CCC(OC3CC(O)C(OC)C(C)O3)C(C)O2)C(C)O1. The number of methoxy groups -OCH3 is 1. The van der Waals surface area contributed by atoms with Gasteiger partial charge in [0, 0.05) is 39.2 Å². The second-order valence-corrected chi connectivity index (χ2v) is 20.6. The largest absolute Gasteiger partial charge is 0.481 e. The summed E-state index contributed by atoms with van der Waals surface area (Å²) in [6, 6.07) is 0. The van der Waals surface area contributed by atoms with Crippen LogP contribution in [0.1, 0.15) is 131 Å². The number of aliphatic hydroxyl groups is 8. The molecule has 0 aromatic carbocycles. The van der Waals surface area contributed by atoms with Gasteiger partial charge in [0.2, 0.25) is 0 Å². The minimum absolute atomic E-state index is 0.0279. The number of ether oxygens (including phenoxy) is 13. The van der Waals surface area contributed by atoms with Crippen molar-refractivity contribution in [2.75, 3.05) is 13.7 Å². The molecule has 6 aliphatic heterocycles. The van der Waals surface area contributed by atoms with Crippen molar-refractivity contribution in [3.05, 3.63) is 0 Å². The lowest BCUT2D eigenvalue weighted by atomic mass is 9.97. The van der Waals surface area contributed by atoms with Crippen LogP contribution in [0.5, 0.6) is 0 Å². The van der Waals surface area contributed by atoms with Crippen LogP contribution in [0, 0.1) is 0 Å². The Labute approximate surface area is 422 Å². The third-order valence-corrected chi connectivity index (χ3v) is 14.7. The molecule has 26 atom stereocenters. The van der Waals surface area contributed by atoms with Gasteiger partial charge in [-0.25, -0.2) is 0 Å². The first-order valence-electron chi connectivity index (χ1n) is 26.3. The van der Waals surface area contributed by atoms with Gasteiger partial charge in [0.15, 0.2) is 37.7 Å². The van der Waals surface area contributed by atoms with E-state index in [9.17, 15) is 50.8 Å². The van der Waals surface area contributed by atoms with Crippen molar-refractivity contribution in [1.29, 1.82) is 0 Å². The van der Waals surface area contributed by atoms with Gasteiger partial charge in [-0.3, -0.25) is 4.79 Å². The van der Waals surface area contributed by atoms with Crippen molar-refractivity contribution < 1.29 is 112 Å². The summed E-state index contributed by atoms with van der Waals surface area (Å²) >= 11 is 0. The molecular formula is C49H86O23. The molecule has 23 nitrogen and oxygen atoms in total. The average molecular weight is 1040 g/mol. The van der Waals surface area contributed by atoms with E-state index in [-0.39, 0.29) is 50.9 Å². The Morgan fingerprint density at radius 3 is 1.76 bits per heavy atom. The lowest BCUT2D eigenvalue weighted by Crippen LogP contribution is -2.62. The smallest absolute Gasteiger partial charge is 0.305 e. The van der Waals surface area contributed by atoms with Crippen LogP contribution in [0.2, 0.25) is 0 Å². The molecular weight excluding hydrogens is 957 g/mol. The lowest BCUT2D eigenvalue weighted by Gasteiger charge is -2.47. The first-order valence-corrected chi connectivity index (χ1v) is 26.3. The number of carbonyl (C=O) groups is 1. The van der Waals surface area contributed by atoms with Crippen LogP contribution in [-0.4, -0.2) is 225 Å². The summed E-state index contributed by atoms with van der Waals surface area (Å²) in [5.74, 6) is -1.11. The minimum atomic E-state index is -1.64. The van der Waals surface area contributed by atoms with Gasteiger partial charge in [0.1, 0.15) is 48.8 Å². The molecule has 0 aliphatic carbocycles. The van der Waals surface area contributed by atoms with Crippen LogP contribution in [0.15, 0.2) is 0 Å². The molecule has 9 N–H and O–H groups in total. The molecule has 6 heterocycles. The molecule has 6 aliphatic rings. The fourth-order valence-corrected chi connectivity index (χ4v) is 10.5. The second-order valence-electron chi connectivity index (χ2n) is 20.6. The zero-order chi connectivity index (χ0) is 52.4. The van der Waals surface area contributed by atoms with E-state index in [2.05, 4.69) is 6.92 Å². The van der Waals surface area contributed by atoms with E-state index in [1.807, 2.05) is 13.8 Å². The van der Waals surface area contributed by atoms with Gasteiger partial charge in [0.05, 0.1) is 86.3 Å². The number of unbranched alkanes of at least 4 members (excludes halogenated alkanes) is 2. The van der Waals surface area contributed by atoms with Gasteiger partial charge in [-0.1, -0.05) is 26.2 Å². The summed E-state index contributed by atoms with van der Waals surface area (Å²) in [4.78, 5) is 11.2. The van der Waals surface area contributed by atoms with E-state index in [1.54, 1.807) is 20.8 Å². The quantitative estimate of drug-likeness (QED) is 0.0605. The van der Waals surface area contributed by atoms with Crippen molar-refractivity contribution in [2.45, 2.75) is 291 Å². The predicted octanol–water partition coefficient (Wildman–Crippen LogP) is 0.846. The number of hydrogen-bond acceptors (Lipinski definition) is 22. The first kappa shape index (κ1) is 59.9. The zero-order valence-electron chi connectivity index (χ0n) is 42.9. The molecule has 0 aromatic heterocycles. The molecule has 23 heteroatoms. The number of aliphatic hydroxyl groups excluding tert-OH is 8. The minimum Gasteiger partial charge on any atom is -0.481 e. The molecule has 0 saturated carbocycles. The van der Waals surface area contributed by atoms with Crippen LogP contribution in [0.4, 0.5) is 0 Å². The highest BCUT2D eigenvalue weighted by Gasteiger charge is 2.51. The summed E-state index contributed by atoms with van der Waals surface area (Å²) in [5.41, 5.74) is 0. The van der Waals surface area contributed by atoms with Crippen LogP contribution < -0.4 is 0 Å². The number of carboxylic acids is 1. The highest BCUT2D eigenvalue weighted by atomic mass is 16.8. The van der Waals surface area contributed by atoms with E-state index in [0.29, 0.717) is 32.1 Å². The van der Waals surface area contributed by atoms with Crippen molar-refractivity contribution >= 4 is 5.97 Å². The molecule has 0 spiro atoms. The van der Waals surface area contributed by atoms with Crippen molar-refractivity contribution in [1.82, 2.24) is 0 Å². The molecule has 0 bridgehead atoms. The van der Waals surface area contributed by atoms with E-state index in [1.165, 1.54) is 7.11 Å². The van der Waals surface area contributed by atoms with E-state index >= 15 is 0 Å². The summed E-state index contributed by atoms with van der Waals surface area (Å²) < 4.78 is 79.4. The van der Waals surface area contributed by atoms with Crippen molar-refractivity contribution in [3.63, 3.8) is 0 Å². The molecule has 0 amide bonds. The molecule has 420 valence electrons. The van der Waals surface area contributed by atoms with Gasteiger partial charge in [-0.15, -0.1) is 0 Å². The normalized spacial score (nSPS) is 45.1. The Bertz CT molecular complexity index is 1550. The third kappa shape index (κ3) is 16.6. The molecule has 0 radical (unpaired) electrons. The summed E-state index contributed by atoms with van der Waals surface area (Å²) in [6.45, 7) is 10.4. The van der Waals surface area contributed by atoms with E-state index < -0.39 is 160 Å². The molecule has 0 aromatic rings. The Kier molecular flexibility index (Phi) is 23.5. The molecule has 6 fully saturated rings. The van der Waals surface area contributed by atoms with Gasteiger partial charge < -0.3 is 108 Å². The maximum Gasteiger partial charge on any atom is 0.305 e. The third-order valence-electron chi connectivity index (χ3n) is 14.7. The number of rotatable bonds is 24. The number of carboxylic acid groups (broad SMARTS) is 1. The Morgan fingerprint density at radius 1 is 0.556 bits per heavy atom. The first-order chi connectivity index (χ1) is 34.2. The number of aliphatic carboxylic acids is 1. The standard InChI is InChI=1S/C49H86O23/c1-8-9-10-13-29(14-11-12-28(50)17-37(55)56)67-49-47(44(59)43(58)36(70-49)22-61-48-33(54)18-35(24(3)66-48)69-39-19-30(51)42(57)25(4)63-39)72-41-21-32(53)46(27(6)65-41)71-38-16-15-34(23(2)62-38)68-40-20-31(52)45(60-7)26(5)64-40/h23-36,38-54,57-59H,8-22H2,1-7H3,(H,55,56). The Balaban J connectivity index is 1.07.